The van der Waals surface area contributed by atoms with Gasteiger partial charge in [-0.1, -0.05) is 41.4 Å². The minimum Gasteiger partial charge on any atom is -0.506 e. The number of rotatable bonds is 4. The van der Waals surface area contributed by atoms with Gasteiger partial charge in [-0.2, -0.15) is 0 Å². The summed E-state index contributed by atoms with van der Waals surface area (Å²) in [4.78, 5) is 16.5. The standard InChI is InChI=1S/C19H14Cl2N2O2/c1-11-4-2-3-5-15(11)23-12-6-7-13(14(20)10-12)19(25)18-17(21)16(24)8-9-22-18/h2-10,23H,1H3,(H,22,24). The molecule has 4 nitrogen and oxygen atoms in total. The topological polar surface area (TPSA) is 62.2 Å². The molecule has 2 aromatic carbocycles. The molecule has 1 heterocycles. The Morgan fingerprint density at radius 3 is 2.60 bits per heavy atom. The van der Waals surface area contributed by atoms with Crippen LogP contribution in [0.25, 0.3) is 0 Å². The van der Waals surface area contributed by atoms with Crippen LogP contribution in [0.1, 0.15) is 21.6 Å². The second-order valence-corrected chi connectivity index (χ2v) is 6.24. The Labute approximate surface area is 155 Å². The molecule has 0 aliphatic carbocycles. The van der Waals surface area contributed by atoms with Crippen molar-refractivity contribution in [3.8, 4) is 5.75 Å². The van der Waals surface area contributed by atoms with Gasteiger partial charge in [-0.3, -0.25) is 9.78 Å². The van der Waals surface area contributed by atoms with Crippen LogP contribution in [-0.4, -0.2) is 15.9 Å². The van der Waals surface area contributed by atoms with Gasteiger partial charge >= 0.3 is 0 Å². The summed E-state index contributed by atoms with van der Waals surface area (Å²) in [7, 11) is 0. The molecule has 0 aliphatic heterocycles. The van der Waals surface area contributed by atoms with Gasteiger partial charge in [0.1, 0.15) is 16.5 Å². The van der Waals surface area contributed by atoms with E-state index in [4.69, 9.17) is 23.2 Å². The highest BCUT2D eigenvalue weighted by molar-refractivity contribution is 6.38. The highest BCUT2D eigenvalue weighted by atomic mass is 35.5. The number of aromatic nitrogens is 1. The molecule has 0 unspecified atom stereocenters. The fourth-order valence-electron chi connectivity index (χ4n) is 2.37. The van der Waals surface area contributed by atoms with Gasteiger partial charge in [0.25, 0.3) is 0 Å². The maximum absolute atomic E-state index is 12.6. The number of aromatic hydroxyl groups is 1. The molecule has 0 atom stereocenters. The van der Waals surface area contributed by atoms with Crippen molar-refractivity contribution < 1.29 is 9.90 Å². The molecule has 0 fully saturated rings. The Balaban J connectivity index is 1.91. The first-order valence-corrected chi connectivity index (χ1v) is 8.23. The van der Waals surface area contributed by atoms with Crippen LogP contribution in [0.4, 0.5) is 11.4 Å². The first-order chi connectivity index (χ1) is 12.0. The minimum absolute atomic E-state index is 0.0387. The SMILES string of the molecule is Cc1ccccc1Nc1ccc(C(=O)c2nccc(O)c2Cl)c(Cl)c1. The number of nitrogens with one attached hydrogen (secondary N) is 1. The van der Waals surface area contributed by atoms with E-state index in [1.807, 2.05) is 31.2 Å². The lowest BCUT2D eigenvalue weighted by Crippen LogP contribution is -2.06. The van der Waals surface area contributed by atoms with Crippen molar-refractivity contribution in [3.05, 3.63) is 81.6 Å². The molecule has 0 saturated heterocycles. The van der Waals surface area contributed by atoms with Crippen LogP contribution < -0.4 is 5.32 Å². The Kier molecular flexibility index (Phi) is 4.93. The number of carbonyl (C=O) groups excluding carboxylic acids is 1. The van der Waals surface area contributed by atoms with Crippen LogP contribution in [-0.2, 0) is 0 Å². The number of pyridine rings is 1. The molecule has 6 heteroatoms. The van der Waals surface area contributed by atoms with Crippen LogP contribution in [0, 0.1) is 6.92 Å². The Morgan fingerprint density at radius 1 is 1.12 bits per heavy atom. The number of hydrogen-bond acceptors (Lipinski definition) is 4. The van der Waals surface area contributed by atoms with Crippen molar-refractivity contribution in [2.24, 2.45) is 0 Å². The van der Waals surface area contributed by atoms with E-state index in [9.17, 15) is 9.90 Å². The van der Waals surface area contributed by atoms with E-state index in [0.29, 0.717) is 0 Å². The van der Waals surface area contributed by atoms with Crippen LogP contribution in [0.2, 0.25) is 10.0 Å². The van der Waals surface area contributed by atoms with Crippen molar-refractivity contribution >= 4 is 40.4 Å². The normalized spacial score (nSPS) is 10.5. The van der Waals surface area contributed by atoms with Gasteiger partial charge in [-0.15, -0.1) is 0 Å². The number of anilines is 2. The number of aryl methyl sites for hydroxylation is 1. The maximum Gasteiger partial charge on any atom is 0.214 e. The molecule has 3 aromatic rings. The van der Waals surface area contributed by atoms with Crippen molar-refractivity contribution in [2.75, 3.05) is 5.32 Å². The average molecular weight is 373 g/mol. The molecular weight excluding hydrogens is 359 g/mol. The van der Waals surface area contributed by atoms with E-state index >= 15 is 0 Å². The van der Waals surface area contributed by atoms with Gasteiger partial charge < -0.3 is 10.4 Å². The van der Waals surface area contributed by atoms with Crippen LogP contribution in [0.3, 0.4) is 0 Å². The van der Waals surface area contributed by atoms with Crippen LogP contribution in [0.15, 0.2) is 54.7 Å². The summed E-state index contributed by atoms with van der Waals surface area (Å²) in [6.07, 6.45) is 1.32. The lowest BCUT2D eigenvalue weighted by Gasteiger charge is -2.11. The number of halogens is 2. The molecule has 1 aromatic heterocycles. The number of ketones is 1. The van der Waals surface area contributed by atoms with Crippen molar-refractivity contribution in [2.45, 2.75) is 6.92 Å². The van der Waals surface area contributed by atoms with E-state index in [-0.39, 0.29) is 27.1 Å². The van der Waals surface area contributed by atoms with Crippen LogP contribution in [0.5, 0.6) is 5.75 Å². The third-order valence-corrected chi connectivity index (χ3v) is 4.41. The zero-order valence-electron chi connectivity index (χ0n) is 13.3. The van der Waals surface area contributed by atoms with Gasteiger partial charge in [-0.25, -0.2) is 0 Å². The van der Waals surface area contributed by atoms with Gasteiger partial charge in [-0.05, 0) is 42.8 Å². The summed E-state index contributed by atoms with van der Waals surface area (Å²) in [6, 6.07) is 14.2. The third-order valence-electron chi connectivity index (χ3n) is 3.72. The predicted molar refractivity (Wildman–Crippen MR) is 100 cm³/mol. The summed E-state index contributed by atoms with van der Waals surface area (Å²) in [6.45, 7) is 2.00. The molecular formula is C19H14Cl2N2O2. The molecule has 0 radical (unpaired) electrons. The number of nitrogens with zero attached hydrogens (tertiary/aromatic N) is 1. The molecule has 3 rings (SSSR count). The Bertz CT molecular complexity index is 958. The summed E-state index contributed by atoms with van der Waals surface area (Å²) in [5, 5.41) is 13.1. The summed E-state index contributed by atoms with van der Waals surface area (Å²) in [5.74, 6) is -0.651. The number of benzene rings is 2. The summed E-state index contributed by atoms with van der Waals surface area (Å²) >= 11 is 12.2. The molecule has 0 aliphatic rings. The lowest BCUT2D eigenvalue weighted by atomic mass is 10.1. The van der Waals surface area contributed by atoms with Gasteiger partial charge in [0.15, 0.2) is 0 Å². The summed E-state index contributed by atoms with van der Waals surface area (Å²) in [5.41, 5.74) is 3.02. The Morgan fingerprint density at radius 2 is 1.88 bits per heavy atom. The van der Waals surface area contributed by atoms with Crippen molar-refractivity contribution in [1.82, 2.24) is 4.98 Å². The number of hydrogen-bond donors (Lipinski definition) is 2. The molecule has 0 saturated carbocycles. The Hall–Kier alpha value is -2.56. The smallest absolute Gasteiger partial charge is 0.214 e. The number of para-hydroxylation sites is 1. The quantitative estimate of drug-likeness (QED) is 0.603. The van der Waals surface area contributed by atoms with E-state index in [1.165, 1.54) is 12.3 Å². The largest absolute Gasteiger partial charge is 0.506 e. The predicted octanol–water partition coefficient (Wildman–Crippen LogP) is 5.38. The van der Waals surface area contributed by atoms with E-state index in [2.05, 4.69) is 10.3 Å². The van der Waals surface area contributed by atoms with Gasteiger partial charge in [0.05, 0.1) is 5.02 Å². The second-order valence-electron chi connectivity index (χ2n) is 5.46. The molecule has 126 valence electrons. The first kappa shape index (κ1) is 17.3. The number of carbonyl (C=O) groups is 1. The molecule has 0 spiro atoms. The van der Waals surface area contributed by atoms with E-state index in [1.54, 1.807) is 18.2 Å². The molecule has 25 heavy (non-hydrogen) atoms. The summed E-state index contributed by atoms with van der Waals surface area (Å²) < 4.78 is 0. The zero-order valence-corrected chi connectivity index (χ0v) is 14.8. The fourth-order valence-corrected chi connectivity index (χ4v) is 2.83. The van der Waals surface area contributed by atoms with E-state index in [0.717, 1.165) is 16.9 Å². The third kappa shape index (κ3) is 3.60. The fraction of sp³-hybridized carbons (Fsp3) is 0.0526. The minimum atomic E-state index is -0.451. The van der Waals surface area contributed by atoms with Gasteiger partial charge in [0.2, 0.25) is 5.78 Å². The van der Waals surface area contributed by atoms with Crippen molar-refractivity contribution in [1.29, 1.82) is 0 Å². The highest BCUT2D eigenvalue weighted by Gasteiger charge is 2.19. The monoisotopic (exact) mass is 372 g/mol. The average Bonchev–Trinajstić information content (AvgIpc) is 2.59. The van der Waals surface area contributed by atoms with Crippen molar-refractivity contribution in [3.63, 3.8) is 0 Å². The molecule has 2 N–H and O–H groups in total. The second kappa shape index (κ2) is 7.13. The lowest BCUT2D eigenvalue weighted by molar-refractivity contribution is 0.103. The molecule has 0 amide bonds. The first-order valence-electron chi connectivity index (χ1n) is 7.47. The van der Waals surface area contributed by atoms with Crippen LogP contribution >= 0.6 is 23.2 Å². The maximum atomic E-state index is 12.6. The zero-order chi connectivity index (χ0) is 18.0. The van der Waals surface area contributed by atoms with E-state index < -0.39 is 5.78 Å². The highest BCUT2D eigenvalue weighted by Crippen LogP contribution is 2.30. The molecule has 0 bridgehead atoms. The van der Waals surface area contributed by atoms with Gasteiger partial charge in [0, 0.05) is 23.1 Å².